The molecule has 1 aliphatic carbocycles. The van der Waals surface area contributed by atoms with E-state index in [9.17, 15) is 43.5 Å². The number of nitrogens with two attached hydrogens (primary N) is 1. The number of amides is 8. The average molecular weight is 1120 g/mol. The summed E-state index contributed by atoms with van der Waals surface area (Å²) in [7, 11) is 3.25. The Kier molecular flexibility index (Phi) is 22.2. The van der Waals surface area contributed by atoms with Crippen LogP contribution in [0, 0.1) is 17.3 Å². The standard InChI is InChI=1S/C61H81N9O11/c1-35(2)48(31-37(5)56(75)76)70(12)55(74)51(60(6,7)8)69-54(73)50(63-11)61(9,10)39-19-17-20-41(32-39)66-58(78)80-33-38-26-28-40(29-27-38)65-52(71)47(25-18-30-64-57(62)77)67-53(72)49(36(3)4)68-59(79)81-34-46-44-23-15-13-21-42(44)43-22-14-16-24-45(43)46/h13-17,19-24,26-29,31-32,35-36,46-51,63H,18,25,30,33-34H2,1-12H3,(H,65,71)(H,66,78)(H,67,72)(H,68,79)(H,69,73)(H,75,76)(H3,62,64,77). The molecule has 81 heavy (non-hydrogen) atoms. The number of aliphatic carboxylic acids is 1. The highest BCUT2D eigenvalue weighted by molar-refractivity contribution is 5.98. The molecule has 10 N–H and O–H groups in total. The van der Waals surface area contributed by atoms with Crippen LogP contribution in [0.5, 0.6) is 0 Å². The Morgan fingerprint density at radius 1 is 0.704 bits per heavy atom. The molecule has 0 spiro atoms. The van der Waals surface area contributed by atoms with Gasteiger partial charge in [-0.1, -0.05) is 141 Å². The Bertz CT molecular complexity index is 2890. The van der Waals surface area contributed by atoms with Gasteiger partial charge in [0, 0.05) is 41.9 Å². The fraction of sp³-hybridized carbons (Fsp3) is 0.443. The van der Waals surface area contributed by atoms with Crippen molar-refractivity contribution < 1.29 is 52.9 Å². The van der Waals surface area contributed by atoms with Crippen LogP contribution in [0.15, 0.2) is 109 Å². The highest BCUT2D eigenvalue weighted by atomic mass is 16.6. The summed E-state index contributed by atoms with van der Waals surface area (Å²) in [5, 5.41) is 29.2. The molecule has 0 bridgehead atoms. The molecule has 0 saturated heterocycles. The summed E-state index contributed by atoms with van der Waals surface area (Å²) in [5.74, 6) is -3.78. The smallest absolute Gasteiger partial charge is 0.411 e. The van der Waals surface area contributed by atoms with Gasteiger partial charge in [0.15, 0.2) is 0 Å². The largest absolute Gasteiger partial charge is 0.478 e. The highest BCUT2D eigenvalue weighted by Crippen LogP contribution is 2.44. The molecule has 5 rings (SSSR count). The Hall–Kier alpha value is -8.26. The predicted molar refractivity (Wildman–Crippen MR) is 311 cm³/mol. The number of benzene rings is 4. The lowest BCUT2D eigenvalue weighted by Gasteiger charge is -2.40. The molecule has 0 heterocycles. The number of hydrogen-bond donors (Lipinski definition) is 9. The van der Waals surface area contributed by atoms with Crippen LogP contribution in [0.3, 0.4) is 0 Å². The Balaban J connectivity index is 1.18. The molecule has 0 aromatic heterocycles. The van der Waals surface area contributed by atoms with Gasteiger partial charge in [-0.15, -0.1) is 0 Å². The van der Waals surface area contributed by atoms with Crippen molar-refractivity contribution in [2.75, 3.05) is 37.9 Å². The third-order valence-electron chi connectivity index (χ3n) is 14.5. The molecular weight excluding hydrogens is 1030 g/mol. The summed E-state index contributed by atoms with van der Waals surface area (Å²) >= 11 is 0. The van der Waals surface area contributed by atoms with Crippen LogP contribution in [0.2, 0.25) is 0 Å². The number of nitrogens with one attached hydrogen (secondary N) is 7. The van der Waals surface area contributed by atoms with Crippen LogP contribution >= 0.6 is 0 Å². The molecule has 20 heteroatoms. The molecule has 4 aromatic rings. The first-order valence-electron chi connectivity index (χ1n) is 27.2. The SMILES string of the molecule is CNC(C(=O)NC(C(=O)N(C)C(C=C(C)C(=O)O)C(C)C)C(C)(C)C)C(C)(C)c1cccc(NC(=O)OCc2ccc(NC(=O)C(CCCNC(N)=O)NC(=O)C(NC(=O)OCC3c4ccccc4-c4ccccc43)C(C)C)cc2)c1. The topological polar surface area (TPSA) is 289 Å². The van der Waals surface area contributed by atoms with Gasteiger partial charge in [-0.2, -0.15) is 0 Å². The second-order valence-corrected chi connectivity index (χ2v) is 22.7. The van der Waals surface area contributed by atoms with Crippen molar-refractivity contribution in [2.45, 2.75) is 130 Å². The number of likely N-dealkylation sites (N-methyl/N-ethyl adjacent to an activating group) is 2. The van der Waals surface area contributed by atoms with Gasteiger partial charge in [0.25, 0.3) is 0 Å². The van der Waals surface area contributed by atoms with E-state index in [0.29, 0.717) is 22.5 Å². The molecule has 5 atom stereocenters. The van der Waals surface area contributed by atoms with E-state index in [0.717, 1.165) is 22.3 Å². The number of alkyl carbamates (subject to hydrolysis) is 1. The third kappa shape index (κ3) is 17.1. The first-order chi connectivity index (χ1) is 38.1. The number of carbonyl (C=O) groups excluding carboxylic acids is 7. The number of urea groups is 1. The van der Waals surface area contributed by atoms with Crippen LogP contribution in [-0.2, 0) is 45.5 Å². The summed E-state index contributed by atoms with van der Waals surface area (Å²) in [4.78, 5) is 107. The molecule has 436 valence electrons. The monoisotopic (exact) mass is 1120 g/mol. The highest BCUT2D eigenvalue weighted by Gasteiger charge is 2.42. The van der Waals surface area contributed by atoms with Gasteiger partial charge in [0.2, 0.25) is 23.6 Å². The van der Waals surface area contributed by atoms with E-state index in [1.807, 2.05) is 103 Å². The lowest BCUT2D eigenvalue weighted by molar-refractivity contribution is -0.141. The molecule has 4 aromatic carbocycles. The summed E-state index contributed by atoms with van der Waals surface area (Å²) in [6.07, 6.45) is 0.386. The lowest BCUT2D eigenvalue weighted by Crippen LogP contribution is -2.61. The molecule has 1 aliphatic rings. The van der Waals surface area contributed by atoms with Gasteiger partial charge in [0.1, 0.15) is 31.3 Å². The zero-order valence-electron chi connectivity index (χ0n) is 48.5. The lowest BCUT2D eigenvalue weighted by atomic mass is 9.76. The van der Waals surface area contributed by atoms with Gasteiger partial charge in [0.05, 0.1) is 12.1 Å². The van der Waals surface area contributed by atoms with E-state index < -0.39 is 88.9 Å². The number of ether oxygens (including phenoxy) is 2. The van der Waals surface area contributed by atoms with E-state index in [1.54, 1.807) is 76.5 Å². The Morgan fingerprint density at radius 2 is 1.32 bits per heavy atom. The second-order valence-electron chi connectivity index (χ2n) is 22.7. The van der Waals surface area contributed by atoms with Gasteiger partial charge in [-0.25, -0.2) is 19.2 Å². The Labute approximate surface area is 475 Å². The van der Waals surface area contributed by atoms with Crippen molar-refractivity contribution in [3.63, 3.8) is 0 Å². The zero-order chi connectivity index (χ0) is 59.9. The van der Waals surface area contributed by atoms with Crippen molar-refractivity contribution >= 4 is 59.2 Å². The van der Waals surface area contributed by atoms with E-state index in [4.69, 9.17) is 15.2 Å². The second kappa shape index (κ2) is 28.2. The molecule has 20 nitrogen and oxygen atoms in total. The van der Waals surface area contributed by atoms with E-state index in [1.165, 1.54) is 11.8 Å². The summed E-state index contributed by atoms with van der Waals surface area (Å²) in [6, 6.07) is 24.1. The first kappa shape index (κ1) is 63.6. The summed E-state index contributed by atoms with van der Waals surface area (Å²) in [6.45, 7) is 18.1. The predicted octanol–water partition coefficient (Wildman–Crippen LogP) is 7.78. The fourth-order valence-electron chi connectivity index (χ4n) is 9.85. The van der Waals surface area contributed by atoms with Crippen LogP contribution in [-0.4, -0.2) is 115 Å². The van der Waals surface area contributed by atoms with Gasteiger partial charge >= 0.3 is 24.2 Å². The molecule has 0 fully saturated rings. The van der Waals surface area contributed by atoms with E-state index >= 15 is 0 Å². The van der Waals surface area contributed by atoms with Crippen molar-refractivity contribution in [2.24, 2.45) is 23.0 Å². The quantitative estimate of drug-likeness (QED) is 0.0227. The molecule has 0 radical (unpaired) electrons. The number of nitrogens with zero attached hydrogens (tertiary/aromatic N) is 1. The maximum Gasteiger partial charge on any atom is 0.411 e. The number of carboxylic acids is 1. The van der Waals surface area contributed by atoms with Crippen LogP contribution < -0.4 is 43.0 Å². The molecule has 0 saturated carbocycles. The molecule has 8 amide bonds. The zero-order valence-corrected chi connectivity index (χ0v) is 48.5. The number of primary amides is 1. The Morgan fingerprint density at radius 3 is 1.88 bits per heavy atom. The van der Waals surface area contributed by atoms with Gasteiger partial charge in [-0.3, -0.25) is 24.5 Å². The van der Waals surface area contributed by atoms with E-state index in [2.05, 4.69) is 37.2 Å². The third-order valence-corrected chi connectivity index (χ3v) is 14.5. The number of fused-ring (bicyclic) bond motifs is 3. The van der Waals surface area contributed by atoms with E-state index in [-0.39, 0.29) is 55.9 Å². The van der Waals surface area contributed by atoms with Gasteiger partial charge < -0.3 is 57.1 Å². The van der Waals surface area contributed by atoms with Crippen molar-refractivity contribution in [1.82, 2.24) is 31.5 Å². The van der Waals surface area contributed by atoms with Crippen LogP contribution in [0.1, 0.15) is 110 Å². The van der Waals surface area contributed by atoms with Crippen molar-refractivity contribution in [3.8, 4) is 11.1 Å². The van der Waals surface area contributed by atoms with Crippen LogP contribution in [0.4, 0.5) is 25.8 Å². The summed E-state index contributed by atoms with van der Waals surface area (Å²) in [5.41, 5.74) is 10.0. The maximum absolute atomic E-state index is 14.2. The molecular formula is C61H81N9O11. The number of rotatable bonds is 25. The summed E-state index contributed by atoms with van der Waals surface area (Å²) < 4.78 is 11.3. The first-order valence-corrected chi connectivity index (χ1v) is 27.2. The van der Waals surface area contributed by atoms with Crippen LogP contribution in [0.25, 0.3) is 11.1 Å². The van der Waals surface area contributed by atoms with Crippen molar-refractivity contribution in [3.05, 3.63) is 131 Å². The average Bonchev–Trinajstić information content (AvgIpc) is 3.73. The number of carbonyl (C=O) groups is 8. The molecule has 0 aliphatic heterocycles. The number of anilines is 2. The molecule has 5 unspecified atom stereocenters. The number of carboxylic acid groups (broad SMARTS) is 1. The van der Waals surface area contributed by atoms with Gasteiger partial charge in [-0.05, 0) is 102 Å². The fourth-order valence-corrected chi connectivity index (χ4v) is 9.85. The normalized spacial score (nSPS) is 14.2. The maximum atomic E-state index is 14.2. The minimum absolute atomic E-state index is 0.0448. The minimum Gasteiger partial charge on any atom is -0.478 e. The van der Waals surface area contributed by atoms with Crippen molar-refractivity contribution in [1.29, 1.82) is 0 Å². The number of hydrogen-bond acceptors (Lipinski definition) is 11. The minimum atomic E-state index is -1.09.